The third-order valence-electron chi connectivity index (χ3n) is 5.12. The molecule has 5 nitrogen and oxygen atoms in total. The lowest BCUT2D eigenvalue weighted by atomic mass is 9.98. The van der Waals surface area contributed by atoms with Crippen molar-refractivity contribution in [2.24, 2.45) is 10.9 Å². The molecule has 0 heterocycles. The van der Waals surface area contributed by atoms with Gasteiger partial charge in [-0.15, -0.1) is 0 Å². The monoisotopic (exact) mass is 379 g/mol. The molecule has 1 aromatic rings. The molecule has 1 atom stereocenters. The zero-order chi connectivity index (χ0) is 19.5. The van der Waals surface area contributed by atoms with Crippen LogP contribution in [0.5, 0.6) is 0 Å². The molecule has 0 aromatic heterocycles. The number of benzene rings is 1. The summed E-state index contributed by atoms with van der Waals surface area (Å²) in [7, 11) is 3.32. The van der Waals surface area contributed by atoms with Crippen LogP contribution in [0.4, 0.5) is 4.39 Å². The molecule has 1 aliphatic rings. The molecule has 1 aromatic carbocycles. The van der Waals surface area contributed by atoms with Gasteiger partial charge in [-0.05, 0) is 49.8 Å². The Balaban J connectivity index is 1.79. The van der Waals surface area contributed by atoms with E-state index in [9.17, 15) is 4.39 Å². The van der Waals surface area contributed by atoms with E-state index in [1.807, 2.05) is 6.07 Å². The lowest BCUT2D eigenvalue weighted by Crippen LogP contribution is -2.39. The molecule has 0 amide bonds. The van der Waals surface area contributed by atoms with Gasteiger partial charge in [0.2, 0.25) is 0 Å². The van der Waals surface area contributed by atoms with Crippen molar-refractivity contribution in [3.05, 3.63) is 35.1 Å². The summed E-state index contributed by atoms with van der Waals surface area (Å²) in [6.07, 6.45) is 6.53. The Morgan fingerprint density at radius 2 is 2.07 bits per heavy atom. The highest BCUT2D eigenvalue weighted by Gasteiger charge is 2.25. The minimum Gasteiger partial charge on any atom is -0.380 e. The lowest BCUT2D eigenvalue weighted by molar-refractivity contribution is 0.0169. The van der Waals surface area contributed by atoms with Crippen LogP contribution in [-0.4, -0.2) is 39.4 Å². The first kappa shape index (κ1) is 21.6. The van der Waals surface area contributed by atoms with E-state index in [1.54, 1.807) is 20.2 Å². The van der Waals surface area contributed by atoms with Crippen molar-refractivity contribution >= 4 is 5.96 Å². The van der Waals surface area contributed by atoms with Gasteiger partial charge in [0.15, 0.2) is 5.96 Å². The maximum absolute atomic E-state index is 13.7. The molecule has 0 radical (unpaired) electrons. The summed E-state index contributed by atoms with van der Waals surface area (Å²) in [5, 5.41) is 6.65. The van der Waals surface area contributed by atoms with Crippen LogP contribution in [0.2, 0.25) is 0 Å². The van der Waals surface area contributed by atoms with Crippen molar-refractivity contribution in [3.8, 4) is 0 Å². The molecule has 152 valence electrons. The van der Waals surface area contributed by atoms with E-state index in [2.05, 4.69) is 22.5 Å². The third kappa shape index (κ3) is 7.11. The highest BCUT2D eigenvalue weighted by Crippen LogP contribution is 2.30. The summed E-state index contributed by atoms with van der Waals surface area (Å²) < 4.78 is 24.7. The number of methoxy groups -OCH3 is 1. The predicted octanol–water partition coefficient (Wildman–Crippen LogP) is 3.62. The van der Waals surface area contributed by atoms with Crippen molar-refractivity contribution in [3.63, 3.8) is 0 Å². The summed E-state index contributed by atoms with van der Waals surface area (Å²) in [5.41, 5.74) is 1.56. The predicted molar refractivity (Wildman–Crippen MR) is 107 cm³/mol. The molecule has 0 saturated heterocycles. The van der Waals surface area contributed by atoms with Gasteiger partial charge in [0.1, 0.15) is 5.82 Å². The minimum atomic E-state index is -0.239. The van der Waals surface area contributed by atoms with E-state index < -0.39 is 0 Å². The van der Waals surface area contributed by atoms with Crippen molar-refractivity contribution in [1.29, 1.82) is 0 Å². The first-order chi connectivity index (χ1) is 13.2. The second-order valence-corrected chi connectivity index (χ2v) is 7.04. The normalized spacial score (nSPS) is 16.5. The zero-order valence-corrected chi connectivity index (χ0v) is 16.9. The van der Waals surface area contributed by atoms with Gasteiger partial charge in [0.05, 0.1) is 12.7 Å². The number of nitrogens with zero attached hydrogens (tertiary/aromatic N) is 1. The van der Waals surface area contributed by atoms with Crippen molar-refractivity contribution in [1.82, 2.24) is 10.6 Å². The number of hydrogen-bond acceptors (Lipinski definition) is 3. The third-order valence-corrected chi connectivity index (χ3v) is 5.12. The van der Waals surface area contributed by atoms with Gasteiger partial charge >= 0.3 is 0 Å². The molecule has 0 spiro atoms. The zero-order valence-electron chi connectivity index (χ0n) is 16.9. The second-order valence-electron chi connectivity index (χ2n) is 7.04. The number of rotatable bonds is 10. The molecule has 0 bridgehead atoms. The molecule has 6 heteroatoms. The fourth-order valence-corrected chi connectivity index (χ4v) is 3.74. The van der Waals surface area contributed by atoms with E-state index in [0.29, 0.717) is 24.1 Å². The average Bonchev–Trinajstić information content (AvgIpc) is 3.21. The molecule has 1 aliphatic carbocycles. The maximum atomic E-state index is 13.7. The van der Waals surface area contributed by atoms with Crippen LogP contribution in [0.15, 0.2) is 23.2 Å². The van der Waals surface area contributed by atoms with Gasteiger partial charge in [-0.2, -0.15) is 0 Å². The molecule has 1 fully saturated rings. The van der Waals surface area contributed by atoms with Gasteiger partial charge in [0.25, 0.3) is 0 Å². The number of ether oxygens (including phenoxy) is 2. The Bertz CT molecular complexity index is 589. The van der Waals surface area contributed by atoms with E-state index in [0.717, 1.165) is 31.1 Å². The molecule has 1 saturated carbocycles. The summed E-state index contributed by atoms with van der Waals surface area (Å²) in [6.45, 7) is 4.50. The largest absolute Gasteiger partial charge is 0.380 e. The topological polar surface area (TPSA) is 54.9 Å². The van der Waals surface area contributed by atoms with Gasteiger partial charge in [-0.25, -0.2) is 4.39 Å². The average molecular weight is 380 g/mol. The van der Waals surface area contributed by atoms with Crippen LogP contribution >= 0.6 is 0 Å². The highest BCUT2D eigenvalue weighted by atomic mass is 19.1. The lowest BCUT2D eigenvalue weighted by Gasteiger charge is -2.24. The Hall–Kier alpha value is -1.66. The van der Waals surface area contributed by atoms with E-state index in [1.165, 1.54) is 31.7 Å². The van der Waals surface area contributed by atoms with Crippen molar-refractivity contribution in [2.75, 3.05) is 27.3 Å². The first-order valence-electron chi connectivity index (χ1n) is 10.00. The highest BCUT2D eigenvalue weighted by molar-refractivity contribution is 5.79. The van der Waals surface area contributed by atoms with Crippen LogP contribution < -0.4 is 10.6 Å². The Morgan fingerprint density at radius 1 is 1.30 bits per heavy atom. The number of halogens is 1. The van der Waals surface area contributed by atoms with Gasteiger partial charge in [-0.3, -0.25) is 4.99 Å². The Labute approximate surface area is 162 Å². The number of guanidine groups is 1. The van der Waals surface area contributed by atoms with Crippen LogP contribution in [0.3, 0.4) is 0 Å². The fourth-order valence-electron chi connectivity index (χ4n) is 3.74. The quantitative estimate of drug-likeness (QED) is 0.482. The Kier molecular flexibility index (Phi) is 9.56. The molecule has 1 unspecified atom stereocenters. The van der Waals surface area contributed by atoms with E-state index in [-0.39, 0.29) is 12.4 Å². The second kappa shape index (κ2) is 11.9. The summed E-state index contributed by atoms with van der Waals surface area (Å²) >= 11 is 0. The summed E-state index contributed by atoms with van der Waals surface area (Å²) in [5.74, 6) is 1.20. The first-order valence-corrected chi connectivity index (χ1v) is 10.00. The van der Waals surface area contributed by atoms with Gasteiger partial charge in [0, 0.05) is 39.4 Å². The number of nitrogens with one attached hydrogen (secondary N) is 2. The molecular weight excluding hydrogens is 345 g/mol. The summed E-state index contributed by atoms with van der Waals surface area (Å²) in [6, 6.07) is 5.08. The van der Waals surface area contributed by atoms with Crippen LogP contribution in [0.25, 0.3) is 0 Å². The Morgan fingerprint density at radius 3 is 2.74 bits per heavy atom. The smallest absolute Gasteiger partial charge is 0.191 e. The molecule has 2 rings (SSSR count). The van der Waals surface area contributed by atoms with Crippen LogP contribution in [-0.2, 0) is 22.6 Å². The minimum absolute atomic E-state index is 0.239. The molecule has 27 heavy (non-hydrogen) atoms. The van der Waals surface area contributed by atoms with Gasteiger partial charge < -0.3 is 20.1 Å². The summed E-state index contributed by atoms with van der Waals surface area (Å²) in [4.78, 5) is 4.27. The number of aliphatic imine (C=N–C) groups is 1. The van der Waals surface area contributed by atoms with Gasteiger partial charge in [-0.1, -0.05) is 18.9 Å². The maximum Gasteiger partial charge on any atom is 0.191 e. The van der Waals surface area contributed by atoms with Crippen LogP contribution in [0.1, 0.15) is 50.2 Å². The molecule has 0 aliphatic heterocycles. The molecule has 2 N–H and O–H groups in total. The number of hydrogen-bond donors (Lipinski definition) is 2. The van der Waals surface area contributed by atoms with Crippen molar-refractivity contribution < 1.29 is 13.9 Å². The van der Waals surface area contributed by atoms with Crippen LogP contribution in [0, 0.1) is 11.7 Å². The standard InChI is InChI=1S/C21H34FN3O2/c1-4-27-20(17-7-5-6-8-17)11-12-24-21(23-2)25-14-16-9-10-19(22)18(13-16)15-26-3/h9-10,13,17,20H,4-8,11-12,14-15H2,1-3H3,(H2,23,24,25). The van der Waals surface area contributed by atoms with E-state index in [4.69, 9.17) is 9.47 Å². The SMILES string of the molecule is CCOC(CCNC(=NC)NCc1ccc(F)c(COC)c1)C1CCCC1. The van der Waals surface area contributed by atoms with E-state index >= 15 is 0 Å². The van der Waals surface area contributed by atoms with Crippen molar-refractivity contribution in [2.45, 2.75) is 58.3 Å². The fraction of sp³-hybridized carbons (Fsp3) is 0.667. The molecular formula is C21H34FN3O2.